The fourth-order valence-corrected chi connectivity index (χ4v) is 4.84. The number of likely N-dealkylation sites (tertiary alicyclic amines) is 2. The van der Waals surface area contributed by atoms with Gasteiger partial charge in [-0.15, -0.1) is 0 Å². The fourth-order valence-electron chi connectivity index (χ4n) is 4.84. The molecule has 2 saturated heterocycles. The van der Waals surface area contributed by atoms with E-state index in [9.17, 15) is 19.5 Å². The Kier molecular flexibility index (Phi) is 7.39. The maximum Gasteiger partial charge on any atom is 1.00 e. The van der Waals surface area contributed by atoms with Crippen LogP contribution in [0.5, 0.6) is 0 Å². The number of ether oxygens (including phenoxy) is 1. The van der Waals surface area contributed by atoms with Crippen LogP contribution in [-0.2, 0) is 14.3 Å². The summed E-state index contributed by atoms with van der Waals surface area (Å²) in [6, 6.07) is 0.128. The Hall–Kier alpha value is -0.790. The summed E-state index contributed by atoms with van der Waals surface area (Å²) in [7, 11) is 0. The molecule has 1 spiro atoms. The van der Waals surface area contributed by atoms with Crippen LogP contribution in [0, 0.1) is 10.8 Å². The van der Waals surface area contributed by atoms with Crippen LogP contribution < -0.4 is 34.7 Å². The van der Waals surface area contributed by atoms with Gasteiger partial charge >= 0.3 is 35.7 Å². The summed E-state index contributed by atoms with van der Waals surface area (Å²) in [6.45, 7) is 9.28. The SMILES string of the molecule is CC(C)(C)OC(=O)N1CCC2(CC1)CC(=O)N(C1CCC(C)(C(=O)[O-])CC1)C2.[Na+]. The van der Waals surface area contributed by atoms with E-state index in [-0.39, 0.29) is 53.0 Å². The summed E-state index contributed by atoms with van der Waals surface area (Å²) >= 11 is 0. The van der Waals surface area contributed by atoms with E-state index >= 15 is 0 Å². The number of carboxylic acid groups (broad SMARTS) is 1. The van der Waals surface area contributed by atoms with Crippen LogP contribution in [0.1, 0.15) is 72.6 Å². The molecule has 158 valence electrons. The molecule has 2 amide bonds. The van der Waals surface area contributed by atoms with Crippen LogP contribution in [0.2, 0.25) is 0 Å². The van der Waals surface area contributed by atoms with Crippen molar-refractivity contribution in [3.63, 3.8) is 0 Å². The molecule has 0 unspecified atom stereocenters. The van der Waals surface area contributed by atoms with Gasteiger partial charge in [0, 0.05) is 48.9 Å². The van der Waals surface area contributed by atoms with E-state index in [2.05, 4.69) is 0 Å². The van der Waals surface area contributed by atoms with Crippen molar-refractivity contribution in [2.75, 3.05) is 19.6 Å². The summed E-state index contributed by atoms with van der Waals surface area (Å²) in [5.41, 5.74) is -1.34. The molecule has 1 aliphatic carbocycles. The summed E-state index contributed by atoms with van der Waals surface area (Å²) in [5, 5.41) is 11.3. The molecule has 2 aliphatic heterocycles. The number of piperidine rings is 1. The molecule has 0 aromatic carbocycles. The van der Waals surface area contributed by atoms with Gasteiger partial charge in [-0.25, -0.2) is 4.79 Å². The Labute approximate surface area is 195 Å². The summed E-state index contributed by atoms with van der Waals surface area (Å²) in [4.78, 5) is 40.1. The first-order valence-electron chi connectivity index (χ1n) is 10.4. The summed E-state index contributed by atoms with van der Waals surface area (Å²) in [5.74, 6) is -0.808. The van der Waals surface area contributed by atoms with Gasteiger partial charge in [0.1, 0.15) is 5.60 Å². The molecule has 3 rings (SSSR count). The molecule has 0 bridgehead atoms. The molecule has 0 atom stereocenters. The molecule has 0 aromatic rings. The number of amides is 2. The topological polar surface area (TPSA) is 90.0 Å². The summed E-state index contributed by atoms with van der Waals surface area (Å²) < 4.78 is 5.46. The number of hydrogen-bond donors (Lipinski definition) is 0. The third kappa shape index (κ3) is 5.47. The van der Waals surface area contributed by atoms with E-state index in [0.29, 0.717) is 32.4 Å². The minimum atomic E-state index is -0.982. The average molecular weight is 416 g/mol. The zero-order valence-electron chi connectivity index (χ0n) is 18.6. The Morgan fingerprint density at radius 3 is 2.14 bits per heavy atom. The molecule has 2 heterocycles. The van der Waals surface area contributed by atoms with Gasteiger partial charge < -0.3 is 24.4 Å². The van der Waals surface area contributed by atoms with Gasteiger partial charge in [0.15, 0.2) is 0 Å². The van der Waals surface area contributed by atoms with Crippen LogP contribution in [0.25, 0.3) is 0 Å². The molecule has 0 N–H and O–H groups in total. The monoisotopic (exact) mass is 416 g/mol. The van der Waals surface area contributed by atoms with Crippen molar-refractivity contribution >= 4 is 18.0 Å². The molecule has 3 fully saturated rings. The maximum atomic E-state index is 12.7. The molecule has 3 aliphatic rings. The standard InChI is InChI=1S/C21H34N2O5.Na/c1-19(2,3)28-18(27)22-11-9-21(10-12-22)13-16(24)23(14-21)15-5-7-20(4,8-6-15)17(25)26;/h15H,5-14H2,1-4H3,(H,25,26);/q;+1/p-1. The molecular formula is C21H33N2NaO5. The van der Waals surface area contributed by atoms with Gasteiger partial charge in [-0.05, 0) is 59.3 Å². The Balaban J connectivity index is 0.00000300. The number of hydrogen-bond acceptors (Lipinski definition) is 5. The van der Waals surface area contributed by atoms with E-state index in [0.717, 1.165) is 32.2 Å². The van der Waals surface area contributed by atoms with Crippen molar-refractivity contribution in [2.24, 2.45) is 10.8 Å². The van der Waals surface area contributed by atoms with Crippen LogP contribution >= 0.6 is 0 Å². The van der Waals surface area contributed by atoms with Crippen molar-refractivity contribution in [2.45, 2.75) is 84.3 Å². The third-order valence-electron chi connectivity index (χ3n) is 6.82. The van der Waals surface area contributed by atoms with Crippen molar-refractivity contribution in [3.8, 4) is 0 Å². The van der Waals surface area contributed by atoms with Gasteiger partial charge in [-0.1, -0.05) is 6.92 Å². The van der Waals surface area contributed by atoms with Gasteiger partial charge in [0.2, 0.25) is 5.91 Å². The predicted molar refractivity (Wildman–Crippen MR) is 101 cm³/mol. The number of carbonyl (C=O) groups excluding carboxylic acids is 3. The molecule has 8 heteroatoms. The maximum absolute atomic E-state index is 12.7. The first kappa shape index (κ1) is 24.5. The van der Waals surface area contributed by atoms with E-state index in [1.165, 1.54) is 0 Å². The number of carboxylic acids is 1. The van der Waals surface area contributed by atoms with E-state index in [1.54, 1.807) is 11.8 Å². The van der Waals surface area contributed by atoms with Crippen molar-refractivity contribution in [1.29, 1.82) is 0 Å². The number of rotatable bonds is 2. The second-order valence-electron chi connectivity index (χ2n) is 10.2. The van der Waals surface area contributed by atoms with Gasteiger partial charge in [0.05, 0.1) is 0 Å². The van der Waals surface area contributed by atoms with Crippen LogP contribution in [0.4, 0.5) is 4.79 Å². The first-order chi connectivity index (χ1) is 12.9. The molecule has 1 saturated carbocycles. The molecule has 7 nitrogen and oxygen atoms in total. The average Bonchev–Trinajstić information content (AvgIpc) is 2.90. The second-order valence-corrected chi connectivity index (χ2v) is 10.2. The minimum Gasteiger partial charge on any atom is -0.550 e. The third-order valence-corrected chi connectivity index (χ3v) is 6.82. The molecular weight excluding hydrogens is 383 g/mol. The van der Waals surface area contributed by atoms with E-state index in [1.807, 2.05) is 25.7 Å². The van der Waals surface area contributed by atoms with Gasteiger partial charge in [-0.3, -0.25) is 4.79 Å². The van der Waals surface area contributed by atoms with E-state index < -0.39 is 17.0 Å². The normalized spacial score (nSPS) is 29.5. The minimum absolute atomic E-state index is 0. The zero-order chi connectivity index (χ0) is 20.7. The van der Waals surface area contributed by atoms with Gasteiger partial charge in [0.25, 0.3) is 0 Å². The quantitative estimate of drug-likeness (QED) is 0.536. The Morgan fingerprint density at radius 1 is 1.10 bits per heavy atom. The number of nitrogens with zero attached hydrogens (tertiary/aromatic N) is 2. The van der Waals surface area contributed by atoms with Crippen molar-refractivity contribution < 1.29 is 53.8 Å². The first-order valence-corrected chi connectivity index (χ1v) is 10.4. The largest absolute Gasteiger partial charge is 1.00 e. The zero-order valence-corrected chi connectivity index (χ0v) is 20.6. The molecule has 0 aromatic heterocycles. The van der Waals surface area contributed by atoms with Gasteiger partial charge in [-0.2, -0.15) is 0 Å². The van der Waals surface area contributed by atoms with Crippen molar-refractivity contribution in [3.05, 3.63) is 0 Å². The fraction of sp³-hybridized carbons (Fsp3) is 0.857. The Bertz CT molecular complexity index is 644. The molecule has 0 radical (unpaired) electrons. The predicted octanol–water partition coefficient (Wildman–Crippen LogP) is -1.06. The smallest absolute Gasteiger partial charge is 0.550 e. The van der Waals surface area contributed by atoms with Crippen LogP contribution in [-0.4, -0.2) is 59.0 Å². The number of carbonyl (C=O) groups is 3. The number of aliphatic carboxylic acids is 1. The van der Waals surface area contributed by atoms with E-state index in [4.69, 9.17) is 4.74 Å². The second kappa shape index (κ2) is 8.75. The van der Waals surface area contributed by atoms with Crippen LogP contribution in [0.15, 0.2) is 0 Å². The Morgan fingerprint density at radius 2 is 1.66 bits per heavy atom. The molecule has 29 heavy (non-hydrogen) atoms. The van der Waals surface area contributed by atoms with Crippen LogP contribution in [0.3, 0.4) is 0 Å². The summed E-state index contributed by atoms with van der Waals surface area (Å²) in [6.07, 6.45) is 4.41. The van der Waals surface area contributed by atoms with Crippen molar-refractivity contribution in [1.82, 2.24) is 9.80 Å².